The third kappa shape index (κ3) is 3.79. The summed E-state index contributed by atoms with van der Waals surface area (Å²) < 4.78 is 15.5. The molecule has 1 aromatic heterocycles. The molecule has 26 heavy (non-hydrogen) atoms. The van der Waals surface area contributed by atoms with Crippen LogP contribution in [0.1, 0.15) is 36.9 Å². The van der Waals surface area contributed by atoms with E-state index < -0.39 is 5.54 Å². The van der Waals surface area contributed by atoms with E-state index in [1.165, 1.54) is 4.90 Å². The number of amides is 2. The van der Waals surface area contributed by atoms with E-state index in [2.05, 4.69) is 10.5 Å². The van der Waals surface area contributed by atoms with Crippen LogP contribution < -0.4 is 14.8 Å². The standard InChI is InChI=1S/C18H21N3O5/c1-11-7-15(20-26-11)19-16(22)9-21(18(2,3)4)17(23)12-5-6-13-14(8-12)25-10-24-13/h5-8H,9-10H2,1-4H3,(H,19,20,22). The van der Waals surface area contributed by atoms with Crippen molar-refractivity contribution in [2.45, 2.75) is 33.2 Å². The number of fused-ring (bicyclic) bond motifs is 1. The second kappa shape index (κ2) is 6.70. The molecule has 0 spiro atoms. The molecule has 2 heterocycles. The van der Waals surface area contributed by atoms with Crippen LogP contribution >= 0.6 is 0 Å². The Bertz CT molecular complexity index is 838. The van der Waals surface area contributed by atoms with E-state index >= 15 is 0 Å². The molecule has 0 aliphatic carbocycles. The molecule has 1 aliphatic rings. The van der Waals surface area contributed by atoms with Crippen molar-refractivity contribution in [2.75, 3.05) is 18.7 Å². The number of carbonyl (C=O) groups excluding carboxylic acids is 2. The maximum atomic E-state index is 13.0. The lowest BCUT2D eigenvalue weighted by Crippen LogP contribution is -2.49. The van der Waals surface area contributed by atoms with Crippen molar-refractivity contribution in [1.29, 1.82) is 0 Å². The van der Waals surface area contributed by atoms with Gasteiger partial charge < -0.3 is 24.2 Å². The summed E-state index contributed by atoms with van der Waals surface area (Å²) in [6, 6.07) is 6.59. The lowest BCUT2D eigenvalue weighted by Gasteiger charge is -2.35. The molecule has 3 rings (SSSR count). The van der Waals surface area contributed by atoms with Crippen LogP contribution in [0.15, 0.2) is 28.8 Å². The number of ether oxygens (including phenoxy) is 2. The Morgan fingerprint density at radius 2 is 1.92 bits per heavy atom. The van der Waals surface area contributed by atoms with Gasteiger partial charge in [0.1, 0.15) is 12.3 Å². The second-order valence-corrected chi connectivity index (χ2v) is 7.00. The van der Waals surface area contributed by atoms with Gasteiger partial charge in [-0.15, -0.1) is 0 Å². The first-order valence-corrected chi connectivity index (χ1v) is 8.19. The molecule has 1 N–H and O–H groups in total. The molecule has 0 bridgehead atoms. The van der Waals surface area contributed by atoms with Gasteiger partial charge in [-0.2, -0.15) is 0 Å². The van der Waals surface area contributed by atoms with E-state index in [0.29, 0.717) is 28.6 Å². The lowest BCUT2D eigenvalue weighted by atomic mass is 10.0. The Kier molecular flexibility index (Phi) is 4.58. The molecule has 0 atom stereocenters. The van der Waals surface area contributed by atoms with Crippen LogP contribution in [0.5, 0.6) is 11.5 Å². The summed E-state index contributed by atoms with van der Waals surface area (Å²) in [7, 11) is 0. The Labute approximate surface area is 151 Å². The molecule has 8 nitrogen and oxygen atoms in total. The molecular weight excluding hydrogens is 338 g/mol. The average molecular weight is 359 g/mol. The third-order valence-corrected chi connectivity index (χ3v) is 3.87. The fourth-order valence-corrected chi connectivity index (χ4v) is 2.55. The summed E-state index contributed by atoms with van der Waals surface area (Å²) in [5.41, 5.74) is -0.140. The zero-order valence-electron chi connectivity index (χ0n) is 15.2. The molecule has 0 saturated carbocycles. The minimum atomic E-state index is -0.565. The van der Waals surface area contributed by atoms with Crippen LogP contribution in [0, 0.1) is 6.92 Å². The van der Waals surface area contributed by atoms with Crippen molar-refractivity contribution in [3.63, 3.8) is 0 Å². The molecule has 0 unspecified atom stereocenters. The molecule has 2 amide bonds. The monoisotopic (exact) mass is 359 g/mol. The number of rotatable bonds is 4. The molecule has 8 heteroatoms. The first-order chi connectivity index (χ1) is 12.2. The van der Waals surface area contributed by atoms with Crippen LogP contribution in [0.3, 0.4) is 0 Å². The van der Waals surface area contributed by atoms with Gasteiger partial charge in [-0.1, -0.05) is 5.16 Å². The number of benzene rings is 1. The van der Waals surface area contributed by atoms with Crippen molar-refractivity contribution in [1.82, 2.24) is 10.1 Å². The van der Waals surface area contributed by atoms with Gasteiger partial charge in [0.2, 0.25) is 12.7 Å². The number of hydrogen-bond acceptors (Lipinski definition) is 6. The first kappa shape index (κ1) is 17.8. The molecule has 0 saturated heterocycles. The number of aryl methyl sites for hydroxylation is 1. The number of nitrogens with zero attached hydrogens (tertiary/aromatic N) is 2. The number of aromatic nitrogens is 1. The van der Waals surface area contributed by atoms with Gasteiger partial charge in [0.05, 0.1) is 0 Å². The van der Waals surface area contributed by atoms with Gasteiger partial charge in [0.15, 0.2) is 17.3 Å². The summed E-state index contributed by atoms with van der Waals surface area (Å²) in [5, 5.41) is 6.36. The Morgan fingerprint density at radius 1 is 1.19 bits per heavy atom. The predicted molar refractivity (Wildman–Crippen MR) is 93.2 cm³/mol. The average Bonchev–Trinajstić information content (AvgIpc) is 3.18. The highest BCUT2D eigenvalue weighted by Crippen LogP contribution is 2.33. The van der Waals surface area contributed by atoms with Crippen molar-refractivity contribution in [2.24, 2.45) is 0 Å². The molecule has 1 aliphatic heterocycles. The largest absolute Gasteiger partial charge is 0.454 e. The normalized spacial score (nSPS) is 12.8. The molecule has 138 valence electrons. The highest BCUT2D eigenvalue weighted by molar-refractivity contribution is 5.99. The Balaban J connectivity index is 1.77. The van der Waals surface area contributed by atoms with Crippen molar-refractivity contribution in [3.8, 4) is 11.5 Å². The first-order valence-electron chi connectivity index (χ1n) is 8.19. The van der Waals surface area contributed by atoms with E-state index in [1.807, 2.05) is 20.8 Å². The second-order valence-electron chi connectivity index (χ2n) is 7.00. The quantitative estimate of drug-likeness (QED) is 0.902. The topological polar surface area (TPSA) is 93.9 Å². The van der Waals surface area contributed by atoms with Gasteiger partial charge >= 0.3 is 0 Å². The summed E-state index contributed by atoms with van der Waals surface area (Å²) in [6.45, 7) is 7.34. The van der Waals surface area contributed by atoms with E-state index in [0.717, 1.165) is 0 Å². The third-order valence-electron chi connectivity index (χ3n) is 3.87. The van der Waals surface area contributed by atoms with Crippen LogP contribution in [-0.2, 0) is 4.79 Å². The van der Waals surface area contributed by atoms with Gasteiger partial charge in [-0.05, 0) is 45.9 Å². The summed E-state index contributed by atoms with van der Waals surface area (Å²) in [5.74, 6) is 1.39. The van der Waals surface area contributed by atoms with Crippen LogP contribution in [-0.4, -0.2) is 40.7 Å². The smallest absolute Gasteiger partial charge is 0.254 e. The molecule has 0 fully saturated rings. The molecular formula is C18H21N3O5. The highest BCUT2D eigenvalue weighted by atomic mass is 16.7. The van der Waals surface area contributed by atoms with Crippen molar-refractivity contribution < 1.29 is 23.6 Å². The van der Waals surface area contributed by atoms with Crippen LogP contribution in [0.2, 0.25) is 0 Å². The number of carbonyl (C=O) groups is 2. The zero-order valence-corrected chi connectivity index (χ0v) is 15.2. The fourth-order valence-electron chi connectivity index (χ4n) is 2.55. The van der Waals surface area contributed by atoms with Crippen LogP contribution in [0.4, 0.5) is 5.82 Å². The summed E-state index contributed by atoms with van der Waals surface area (Å²) >= 11 is 0. The van der Waals surface area contributed by atoms with Gasteiger partial charge in [-0.3, -0.25) is 9.59 Å². The SMILES string of the molecule is Cc1cc(NC(=O)CN(C(=O)c2ccc3c(c2)OCO3)C(C)(C)C)no1. The lowest BCUT2D eigenvalue weighted by molar-refractivity contribution is -0.117. The molecule has 1 aromatic carbocycles. The predicted octanol–water partition coefficient (Wildman–Crippen LogP) is 2.59. The molecule has 2 aromatic rings. The Morgan fingerprint density at radius 3 is 2.58 bits per heavy atom. The number of anilines is 1. The summed E-state index contributed by atoms with van der Waals surface area (Å²) in [4.78, 5) is 26.9. The minimum absolute atomic E-state index is 0.122. The van der Waals surface area contributed by atoms with Gasteiger partial charge in [0, 0.05) is 17.2 Å². The van der Waals surface area contributed by atoms with E-state index in [9.17, 15) is 9.59 Å². The minimum Gasteiger partial charge on any atom is -0.454 e. The fraction of sp³-hybridized carbons (Fsp3) is 0.389. The van der Waals surface area contributed by atoms with Crippen molar-refractivity contribution >= 4 is 17.6 Å². The Hall–Kier alpha value is -3.03. The zero-order chi connectivity index (χ0) is 18.9. The van der Waals surface area contributed by atoms with Crippen molar-refractivity contribution in [3.05, 3.63) is 35.6 Å². The summed E-state index contributed by atoms with van der Waals surface area (Å²) in [6.07, 6.45) is 0. The number of hydrogen-bond donors (Lipinski definition) is 1. The van der Waals surface area contributed by atoms with E-state index in [-0.39, 0.29) is 25.2 Å². The van der Waals surface area contributed by atoms with Gasteiger partial charge in [0.25, 0.3) is 5.91 Å². The van der Waals surface area contributed by atoms with E-state index in [4.69, 9.17) is 14.0 Å². The van der Waals surface area contributed by atoms with Gasteiger partial charge in [-0.25, -0.2) is 0 Å². The van der Waals surface area contributed by atoms with Crippen LogP contribution in [0.25, 0.3) is 0 Å². The maximum Gasteiger partial charge on any atom is 0.254 e. The molecule has 0 radical (unpaired) electrons. The number of nitrogens with one attached hydrogen (secondary N) is 1. The maximum absolute atomic E-state index is 13.0. The van der Waals surface area contributed by atoms with E-state index in [1.54, 1.807) is 31.2 Å². The highest BCUT2D eigenvalue weighted by Gasteiger charge is 2.30.